The lowest BCUT2D eigenvalue weighted by molar-refractivity contribution is 0.413. The summed E-state index contributed by atoms with van der Waals surface area (Å²) in [6, 6.07) is 13.9. The SMILES string of the molecule is COc1cnc2[nH]cc(Cc3ccc(NCc4ccc(Cl)cc4)nc3)c2c1. The molecule has 0 aliphatic rings. The third kappa shape index (κ3) is 4.04. The Balaban J connectivity index is 1.44. The molecule has 6 heteroatoms. The summed E-state index contributed by atoms with van der Waals surface area (Å²) >= 11 is 5.91. The first-order valence-corrected chi connectivity index (χ1v) is 9.02. The number of aromatic amines is 1. The van der Waals surface area contributed by atoms with Gasteiger partial charge in [-0.05, 0) is 41.0 Å². The Morgan fingerprint density at radius 1 is 1.04 bits per heavy atom. The molecule has 0 spiro atoms. The maximum Gasteiger partial charge on any atom is 0.137 e. The van der Waals surface area contributed by atoms with Crippen molar-refractivity contribution in [1.82, 2.24) is 15.0 Å². The maximum absolute atomic E-state index is 5.91. The summed E-state index contributed by atoms with van der Waals surface area (Å²) in [4.78, 5) is 12.1. The number of rotatable bonds is 6. The van der Waals surface area contributed by atoms with Crippen LogP contribution in [0.3, 0.4) is 0 Å². The van der Waals surface area contributed by atoms with Gasteiger partial charge in [0.05, 0.1) is 13.3 Å². The van der Waals surface area contributed by atoms with Crippen LogP contribution in [0.25, 0.3) is 11.0 Å². The smallest absolute Gasteiger partial charge is 0.137 e. The van der Waals surface area contributed by atoms with Gasteiger partial charge in [-0.1, -0.05) is 29.8 Å². The van der Waals surface area contributed by atoms with Crippen LogP contribution in [0.5, 0.6) is 5.75 Å². The fourth-order valence-corrected chi connectivity index (χ4v) is 3.07. The van der Waals surface area contributed by atoms with Crippen LogP contribution >= 0.6 is 11.6 Å². The number of fused-ring (bicyclic) bond motifs is 1. The van der Waals surface area contributed by atoms with Crippen LogP contribution in [0.4, 0.5) is 5.82 Å². The highest BCUT2D eigenvalue weighted by atomic mass is 35.5. The summed E-state index contributed by atoms with van der Waals surface area (Å²) in [7, 11) is 1.65. The molecule has 4 aromatic rings. The van der Waals surface area contributed by atoms with Crippen LogP contribution in [0.2, 0.25) is 5.02 Å². The van der Waals surface area contributed by atoms with Crippen molar-refractivity contribution in [2.45, 2.75) is 13.0 Å². The predicted octanol–water partition coefficient (Wildman–Crippen LogP) is 4.82. The van der Waals surface area contributed by atoms with Crippen molar-refractivity contribution in [3.63, 3.8) is 0 Å². The van der Waals surface area contributed by atoms with Gasteiger partial charge in [0.1, 0.15) is 17.2 Å². The largest absolute Gasteiger partial charge is 0.495 e. The molecule has 0 unspecified atom stereocenters. The Kier molecular flexibility index (Phi) is 4.94. The van der Waals surface area contributed by atoms with Crippen LogP contribution in [0.1, 0.15) is 16.7 Å². The lowest BCUT2D eigenvalue weighted by Gasteiger charge is -2.07. The van der Waals surface area contributed by atoms with Crippen molar-refractivity contribution < 1.29 is 4.74 Å². The van der Waals surface area contributed by atoms with Crippen LogP contribution < -0.4 is 10.1 Å². The molecular weight excluding hydrogens is 360 g/mol. The van der Waals surface area contributed by atoms with E-state index in [1.165, 1.54) is 5.56 Å². The fraction of sp³-hybridized carbons (Fsp3) is 0.143. The van der Waals surface area contributed by atoms with Gasteiger partial charge < -0.3 is 15.0 Å². The van der Waals surface area contributed by atoms with Gasteiger partial charge in [0.2, 0.25) is 0 Å². The van der Waals surface area contributed by atoms with Crippen LogP contribution in [-0.2, 0) is 13.0 Å². The number of ether oxygens (including phenoxy) is 1. The van der Waals surface area contributed by atoms with Crippen molar-refractivity contribution in [2.24, 2.45) is 0 Å². The lowest BCUT2D eigenvalue weighted by atomic mass is 10.1. The second kappa shape index (κ2) is 7.68. The number of methoxy groups -OCH3 is 1. The van der Waals surface area contributed by atoms with E-state index in [1.807, 2.05) is 48.8 Å². The van der Waals surface area contributed by atoms with Gasteiger partial charge in [0, 0.05) is 35.8 Å². The van der Waals surface area contributed by atoms with Gasteiger partial charge in [-0.25, -0.2) is 9.97 Å². The molecule has 2 N–H and O–H groups in total. The Hall–Kier alpha value is -3.05. The van der Waals surface area contributed by atoms with E-state index in [2.05, 4.69) is 26.3 Å². The Morgan fingerprint density at radius 3 is 2.59 bits per heavy atom. The van der Waals surface area contributed by atoms with E-state index in [-0.39, 0.29) is 0 Å². The first kappa shape index (κ1) is 17.4. The summed E-state index contributed by atoms with van der Waals surface area (Å²) in [5.74, 6) is 1.60. The van der Waals surface area contributed by atoms with E-state index >= 15 is 0 Å². The fourth-order valence-electron chi connectivity index (χ4n) is 2.94. The minimum absolute atomic E-state index is 0.706. The average molecular weight is 379 g/mol. The van der Waals surface area contributed by atoms with E-state index < -0.39 is 0 Å². The summed E-state index contributed by atoms with van der Waals surface area (Å²) < 4.78 is 5.28. The molecule has 3 heterocycles. The number of benzene rings is 1. The number of nitrogens with one attached hydrogen (secondary N) is 2. The molecule has 3 aromatic heterocycles. The Labute approximate surface area is 162 Å². The topological polar surface area (TPSA) is 62.8 Å². The van der Waals surface area contributed by atoms with Gasteiger partial charge in [0.15, 0.2) is 0 Å². The zero-order valence-electron chi connectivity index (χ0n) is 14.9. The van der Waals surface area contributed by atoms with E-state index in [0.29, 0.717) is 6.54 Å². The van der Waals surface area contributed by atoms with Gasteiger partial charge in [-0.2, -0.15) is 0 Å². The number of nitrogens with zero attached hydrogens (tertiary/aromatic N) is 2. The molecule has 0 saturated carbocycles. The third-order valence-electron chi connectivity index (χ3n) is 4.43. The van der Waals surface area contributed by atoms with Gasteiger partial charge in [-0.15, -0.1) is 0 Å². The molecule has 0 saturated heterocycles. The summed E-state index contributed by atoms with van der Waals surface area (Å²) in [6.07, 6.45) is 6.38. The first-order chi connectivity index (χ1) is 13.2. The van der Waals surface area contributed by atoms with Crippen molar-refractivity contribution in [1.29, 1.82) is 0 Å². The highest BCUT2D eigenvalue weighted by molar-refractivity contribution is 6.30. The molecule has 0 aliphatic heterocycles. The van der Waals surface area contributed by atoms with Crippen molar-refractivity contribution in [3.05, 3.63) is 82.8 Å². The normalized spacial score (nSPS) is 10.9. The second-order valence-corrected chi connectivity index (χ2v) is 6.73. The first-order valence-electron chi connectivity index (χ1n) is 8.64. The van der Waals surface area contributed by atoms with Crippen LogP contribution in [0, 0.1) is 0 Å². The lowest BCUT2D eigenvalue weighted by Crippen LogP contribution is -2.01. The minimum Gasteiger partial charge on any atom is -0.495 e. The van der Waals surface area contributed by atoms with Crippen LogP contribution in [-0.4, -0.2) is 22.1 Å². The molecular formula is C21H19ClN4O. The zero-order valence-corrected chi connectivity index (χ0v) is 15.6. The highest BCUT2D eigenvalue weighted by Crippen LogP contribution is 2.23. The number of aromatic nitrogens is 3. The number of H-pyrrole nitrogens is 1. The third-order valence-corrected chi connectivity index (χ3v) is 4.69. The van der Waals surface area contributed by atoms with E-state index in [9.17, 15) is 0 Å². The molecule has 0 bridgehead atoms. The molecule has 0 amide bonds. The maximum atomic E-state index is 5.91. The molecule has 0 radical (unpaired) electrons. The summed E-state index contributed by atoms with van der Waals surface area (Å²) in [5.41, 5.74) is 4.32. The molecule has 0 atom stereocenters. The highest BCUT2D eigenvalue weighted by Gasteiger charge is 2.08. The molecule has 4 rings (SSSR count). The van der Waals surface area contributed by atoms with E-state index in [4.69, 9.17) is 16.3 Å². The van der Waals surface area contributed by atoms with Gasteiger partial charge in [-0.3, -0.25) is 0 Å². The number of hydrogen-bond donors (Lipinski definition) is 2. The summed E-state index contributed by atoms with van der Waals surface area (Å²) in [6.45, 7) is 0.706. The number of anilines is 1. The van der Waals surface area contributed by atoms with Crippen molar-refractivity contribution in [2.75, 3.05) is 12.4 Å². The van der Waals surface area contributed by atoms with Gasteiger partial charge >= 0.3 is 0 Å². The van der Waals surface area contributed by atoms with E-state index in [1.54, 1.807) is 13.3 Å². The van der Waals surface area contributed by atoms with Crippen molar-refractivity contribution in [3.8, 4) is 5.75 Å². The van der Waals surface area contributed by atoms with Crippen molar-refractivity contribution >= 4 is 28.5 Å². The molecule has 0 fully saturated rings. The standard InChI is InChI=1S/C21H19ClN4O/c1-27-18-9-19-16(12-25-21(19)26-13-18)8-15-4-7-20(24-11-15)23-10-14-2-5-17(22)6-3-14/h2-7,9,11-13H,8,10H2,1H3,(H,23,24)(H,25,26). The quantitative estimate of drug-likeness (QED) is 0.504. The molecule has 27 heavy (non-hydrogen) atoms. The number of hydrogen-bond acceptors (Lipinski definition) is 4. The number of halogens is 1. The summed E-state index contributed by atoms with van der Waals surface area (Å²) in [5, 5.41) is 5.14. The van der Waals surface area contributed by atoms with E-state index in [0.717, 1.165) is 45.2 Å². The predicted molar refractivity (Wildman–Crippen MR) is 108 cm³/mol. The zero-order chi connectivity index (χ0) is 18.6. The monoisotopic (exact) mass is 378 g/mol. The Bertz CT molecular complexity index is 1040. The molecule has 5 nitrogen and oxygen atoms in total. The molecule has 0 aliphatic carbocycles. The molecule has 136 valence electrons. The number of pyridine rings is 2. The molecule has 1 aromatic carbocycles. The van der Waals surface area contributed by atoms with Crippen LogP contribution in [0.15, 0.2) is 61.1 Å². The average Bonchev–Trinajstić information content (AvgIpc) is 3.10. The second-order valence-electron chi connectivity index (χ2n) is 6.29. The Morgan fingerprint density at radius 2 is 1.85 bits per heavy atom. The minimum atomic E-state index is 0.706. The van der Waals surface area contributed by atoms with Gasteiger partial charge in [0.25, 0.3) is 0 Å².